The Morgan fingerprint density at radius 2 is 1.32 bits per heavy atom. The lowest BCUT2D eigenvalue weighted by Gasteiger charge is -2.50. The van der Waals surface area contributed by atoms with Crippen LogP contribution < -0.4 is 19.6 Å². The monoisotopic (exact) mass is 602 g/mol. The number of phenolic OH excluding ortho intramolecular Hbond substituents is 6. The lowest BCUT2D eigenvalue weighted by molar-refractivity contribution is -0.316. The molecule has 44 heavy (non-hydrogen) atoms. The molecule has 0 unspecified atom stereocenters. The predicted molar refractivity (Wildman–Crippen MR) is 145 cm³/mol. The molecular formula is C30H18O14. The highest BCUT2D eigenvalue weighted by Gasteiger charge is 2.70. The van der Waals surface area contributed by atoms with Crippen molar-refractivity contribution >= 4 is 16.8 Å². The molecule has 0 fully saturated rings. The van der Waals surface area contributed by atoms with Crippen LogP contribution in [0.5, 0.6) is 57.5 Å². The molecule has 1 aromatic heterocycles. The van der Waals surface area contributed by atoms with Crippen LogP contribution in [0.3, 0.4) is 0 Å². The van der Waals surface area contributed by atoms with Crippen molar-refractivity contribution in [1.82, 2.24) is 0 Å². The fraction of sp³-hybridized carbons (Fsp3) is 0.0667. The van der Waals surface area contributed by atoms with Crippen LogP contribution in [0.25, 0.3) is 22.3 Å². The number of rotatable bonds is 2. The Bertz CT molecular complexity index is 2150. The van der Waals surface area contributed by atoms with Gasteiger partial charge in [-0.3, -0.25) is 9.59 Å². The number of aromatic hydroxyl groups is 7. The van der Waals surface area contributed by atoms with Gasteiger partial charge in [0.05, 0.1) is 0 Å². The maximum atomic E-state index is 13.9. The van der Waals surface area contributed by atoms with E-state index in [-0.39, 0.29) is 28.2 Å². The maximum Gasteiger partial charge on any atom is 0.357 e. The minimum atomic E-state index is -3.15. The molecule has 5 aromatic rings. The van der Waals surface area contributed by atoms with Gasteiger partial charge >= 0.3 is 11.6 Å². The highest BCUT2D eigenvalue weighted by molar-refractivity contribution is 6.08. The number of benzene rings is 4. The van der Waals surface area contributed by atoms with Crippen LogP contribution in [0.2, 0.25) is 0 Å². The standard InChI is InChI=1S/C30H18O14/c31-13-7-17(35)23-21(9-13)41-27(26(38)25(23)37)11-1-4-19-20(5-11)42-29(40)28(39)24-18(36)8-14(32)10-22(24)44-30(29,43-19)12-2-3-15(33)16(34)6-12/h1-10,31-36,38,40H/t29-,30+/m0/s1. The first-order chi connectivity index (χ1) is 20.8. The Kier molecular flexibility index (Phi) is 5.21. The highest BCUT2D eigenvalue weighted by Crippen LogP contribution is 2.56. The summed E-state index contributed by atoms with van der Waals surface area (Å²) in [5.41, 5.74) is -2.15. The zero-order valence-corrected chi connectivity index (χ0v) is 21.8. The molecule has 0 saturated carbocycles. The van der Waals surface area contributed by atoms with E-state index in [1.54, 1.807) is 0 Å². The molecule has 3 heterocycles. The fourth-order valence-corrected chi connectivity index (χ4v) is 5.28. The molecule has 14 heteroatoms. The molecule has 0 spiro atoms. The number of hydrogen-bond donors (Lipinski definition) is 8. The van der Waals surface area contributed by atoms with E-state index in [2.05, 4.69) is 0 Å². The second-order valence-electron chi connectivity index (χ2n) is 10.0. The van der Waals surface area contributed by atoms with E-state index >= 15 is 0 Å². The quantitative estimate of drug-likeness (QED) is 0.136. The van der Waals surface area contributed by atoms with Gasteiger partial charge in [0.1, 0.15) is 45.3 Å². The second-order valence-corrected chi connectivity index (χ2v) is 10.0. The number of ketones is 1. The average Bonchev–Trinajstić information content (AvgIpc) is 2.95. The molecule has 14 nitrogen and oxygen atoms in total. The first-order valence-electron chi connectivity index (χ1n) is 12.6. The molecule has 2 aliphatic heterocycles. The van der Waals surface area contributed by atoms with Gasteiger partial charge in [-0.1, -0.05) is 0 Å². The Hall–Kier alpha value is -6.28. The third-order valence-electron chi connectivity index (χ3n) is 7.31. The summed E-state index contributed by atoms with van der Waals surface area (Å²) in [5, 5.41) is 82.8. The number of hydrogen-bond acceptors (Lipinski definition) is 14. The summed E-state index contributed by atoms with van der Waals surface area (Å²) in [5.74, 6) is -12.9. The van der Waals surface area contributed by atoms with E-state index in [1.807, 2.05) is 0 Å². The Morgan fingerprint density at radius 1 is 0.614 bits per heavy atom. The van der Waals surface area contributed by atoms with Gasteiger partial charge in [0.15, 0.2) is 28.8 Å². The minimum Gasteiger partial charge on any atom is -0.508 e. The number of phenols is 6. The summed E-state index contributed by atoms with van der Waals surface area (Å²) in [6.45, 7) is 0. The molecule has 2 atom stereocenters. The molecule has 0 radical (unpaired) electrons. The first-order valence-corrected chi connectivity index (χ1v) is 12.6. The largest absolute Gasteiger partial charge is 0.508 e. The van der Waals surface area contributed by atoms with Crippen molar-refractivity contribution in [3.63, 3.8) is 0 Å². The number of Topliss-reactive ketones (excluding diaryl/α,β-unsaturated/α-hetero) is 1. The predicted octanol–water partition coefficient (Wildman–Crippen LogP) is 2.99. The molecule has 0 amide bonds. The van der Waals surface area contributed by atoms with Crippen LogP contribution in [-0.4, -0.2) is 52.4 Å². The van der Waals surface area contributed by atoms with Crippen molar-refractivity contribution < 1.29 is 64.3 Å². The first kappa shape index (κ1) is 26.6. The van der Waals surface area contributed by atoms with Crippen LogP contribution in [0.4, 0.5) is 0 Å². The van der Waals surface area contributed by atoms with Gasteiger partial charge in [0.25, 0.3) is 5.78 Å². The SMILES string of the molecule is O=C1c2c(O)cc(O)cc2O[C@@]2(c3ccc(O)c(O)c3)Oc3ccc(-c4oc5cc(O)cc(O)c5c(=O)c4O)cc3O[C@@]12O. The third kappa shape index (κ3) is 3.45. The van der Waals surface area contributed by atoms with Crippen molar-refractivity contribution in [1.29, 1.82) is 0 Å². The summed E-state index contributed by atoms with van der Waals surface area (Å²) >= 11 is 0. The van der Waals surface area contributed by atoms with Crippen LogP contribution in [0.1, 0.15) is 15.9 Å². The zero-order chi connectivity index (χ0) is 31.3. The minimum absolute atomic E-state index is 0.0394. The Balaban J connectivity index is 1.43. The molecule has 2 aliphatic rings. The van der Waals surface area contributed by atoms with Crippen LogP contribution >= 0.6 is 0 Å². The smallest absolute Gasteiger partial charge is 0.357 e. The van der Waals surface area contributed by atoms with E-state index in [9.17, 15) is 50.4 Å². The summed E-state index contributed by atoms with van der Waals surface area (Å²) < 4.78 is 23.4. The number of carbonyl (C=O) groups is 1. The Labute approximate surface area is 243 Å². The molecule has 7 rings (SSSR count). The second kappa shape index (κ2) is 8.62. The molecule has 0 saturated heterocycles. The third-order valence-corrected chi connectivity index (χ3v) is 7.31. The van der Waals surface area contributed by atoms with Gasteiger partial charge < -0.3 is 59.5 Å². The molecule has 0 aliphatic carbocycles. The van der Waals surface area contributed by atoms with Crippen molar-refractivity contribution in [3.8, 4) is 68.8 Å². The van der Waals surface area contributed by atoms with Gasteiger partial charge in [-0.25, -0.2) is 0 Å². The van der Waals surface area contributed by atoms with Gasteiger partial charge in [-0.05, 0) is 36.4 Å². The highest BCUT2D eigenvalue weighted by atomic mass is 16.8. The Morgan fingerprint density at radius 3 is 2.07 bits per heavy atom. The van der Waals surface area contributed by atoms with Crippen LogP contribution in [0, 0.1) is 0 Å². The van der Waals surface area contributed by atoms with Crippen LogP contribution in [0.15, 0.2) is 69.9 Å². The molecule has 8 N–H and O–H groups in total. The fourth-order valence-electron chi connectivity index (χ4n) is 5.28. The number of aliphatic hydroxyl groups is 1. The van der Waals surface area contributed by atoms with E-state index in [0.29, 0.717) is 0 Å². The van der Waals surface area contributed by atoms with Gasteiger partial charge in [-0.15, -0.1) is 0 Å². The zero-order valence-electron chi connectivity index (χ0n) is 21.8. The lowest BCUT2D eigenvalue weighted by Crippen LogP contribution is -2.70. The summed E-state index contributed by atoms with van der Waals surface area (Å²) in [6, 6.07) is 10.6. The molecule has 4 aromatic carbocycles. The van der Waals surface area contributed by atoms with Crippen molar-refractivity contribution in [2.24, 2.45) is 0 Å². The van der Waals surface area contributed by atoms with Crippen molar-refractivity contribution in [2.45, 2.75) is 11.6 Å². The summed E-state index contributed by atoms with van der Waals surface area (Å²) in [7, 11) is 0. The lowest BCUT2D eigenvalue weighted by atomic mass is 9.85. The number of ether oxygens (including phenoxy) is 3. The van der Waals surface area contributed by atoms with E-state index in [1.165, 1.54) is 12.1 Å². The number of fused-ring (bicyclic) bond motifs is 4. The number of carbonyl (C=O) groups excluding carboxylic acids is 1. The molecule has 222 valence electrons. The van der Waals surface area contributed by atoms with E-state index in [4.69, 9.17) is 18.6 Å². The van der Waals surface area contributed by atoms with E-state index < -0.39 is 85.5 Å². The van der Waals surface area contributed by atoms with Gasteiger partial charge in [0, 0.05) is 35.4 Å². The summed E-state index contributed by atoms with van der Waals surface area (Å²) in [4.78, 5) is 26.7. The van der Waals surface area contributed by atoms with Crippen molar-refractivity contribution in [2.75, 3.05) is 0 Å². The summed E-state index contributed by atoms with van der Waals surface area (Å²) in [6.07, 6.45) is 0. The van der Waals surface area contributed by atoms with Gasteiger partial charge in [-0.2, -0.15) is 0 Å². The topological polar surface area (TPSA) is 237 Å². The van der Waals surface area contributed by atoms with Gasteiger partial charge in [0.2, 0.25) is 11.2 Å². The molecular weight excluding hydrogens is 584 g/mol. The van der Waals surface area contributed by atoms with Crippen LogP contribution in [-0.2, 0) is 5.79 Å². The molecule has 0 bridgehead atoms. The van der Waals surface area contributed by atoms with E-state index in [0.717, 1.165) is 48.5 Å². The van der Waals surface area contributed by atoms with Crippen molar-refractivity contribution in [3.05, 3.63) is 82.0 Å². The average molecular weight is 602 g/mol. The normalized spacial score (nSPS) is 20.1. The maximum absolute atomic E-state index is 13.9.